The number of hydrogen-bond donors (Lipinski definition) is 2. The van der Waals surface area contributed by atoms with E-state index in [1.54, 1.807) is 0 Å². The predicted molar refractivity (Wildman–Crippen MR) is 132 cm³/mol. The first-order valence-corrected chi connectivity index (χ1v) is 10.1. The monoisotopic (exact) mass is 511 g/mol. The van der Waals surface area contributed by atoms with E-state index >= 15 is 0 Å². The number of rotatable bonds is 11. The molecule has 2 rings (SSSR count). The molecule has 0 spiro atoms. The fourth-order valence-corrected chi connectivity index (χ4v) is 3.02. The summed E-state index contributed by atoms with van der Waals surface area (Å²) in [4.78, 5) is 4.52. The van der Waals surface area contributed by atoms with Crippen molar-refractivity contribution in [3.8, 4) is 0 Å². The van der Waals surface area contributed by atoms with Crippen molar-refractivity contribution >= 4 is 35.6 Å². The summed E-state index contributed by atoms with van der Waals surface area (Å²) in [5.74, 6) is 0.439. The third kappa shape index (κ3) is 8.72. The second kappa shape index (κ2) is 14.4. The van der Waals surface area contributed by atoms with E-state index in [2.05, 4.69) is 60.6 Å². The van der Waals surface area contributed by atoms with Gasteiger partial charge in [0.1, 0.15) is 0 Å². The number of anilines is 1. The lowest BCUT2D eigenvalue weighted by atomic mass is 10.0. The highest BCUT2D eigenvalue weighted by Crippen LogP contribution is 2.22. The van der Waals surface area contributed by atoms with Crippen LogP contribution in [-0.2, 0) is 35.5 Å². The molecule has 0 fully saturated rings. The minimum atomic E-state index is 0. The maximum Gasteiger partial charge on any atom is 0.193 e. The summed E-state index contributed by atoms with van der Waals surface area (Å²) in [5, 5.41) is 3.31. The lowest BCUT2D eigenvalue weighted by molar-refractivity contribution is 0.0453. The third-order valence-electron chi connectivity index (χ3n) is 4.52. The molecule has 3 N–H and O–H groups in total. The van der Waals surface area contributed by atoms with Gasteiger partial charge in [-0.05, 0) is 42.0 Å². The molecule has 160 valence electrons. The summed E-state index contributed by atoms with van der Waals surface area (Å²) >= 11 is 0. The summed E-state index contributed by atoms with van der Waals surface area (Å²) in [6.45, 7) is 9.32. The first kappa shape index (κ1) is 25.4. The van der Waals surface area contributed by atoms with Gasteiger partial charge in [0.2, 0.25) is 0 Å². The summed E-state index contributed by atoms with van der Waals surface area (Å²) < 4.78 is 10.9. The van der Waals surface area contributed by atoms with Gasteiger partial charge >= 0.3 is 0 Å². The van der Waals surface area contributed by atoms with Gasteiger partial charge in [-0.1, -0.05) is 56.3 Å². The van der Waals surface area contributed by atoms with Crippen LogP contribution in [-0.4, -0.2) is 25.8 Å². The minimum absolute atomic E-state index is 0. The fourth-order valence-electron chi connectivity index (χ4n) is 3.02. The third-order valence-corrected chi connectivity index (χ3v) is 4.52. The van der Waals surface area contributed by atoms with Crippen molar-refractivity contribution in [3.05, 3.63) is 64.7 Å². The smallest absolute Gasteiger partial charge is 0.193 e. The van der Waals surface area contributed by atoms with Crippen molar-refractivity contribution in [3.63, 3.8) is 0 Å². The Labute approximate surface area is 192 Å². The van der Waals surface area contributed by atoms with Gasteiger partial charge in [0.25, 0.3) is 0 Å². The van der Waals surface area contributed by atoms with E-state index in [1.165, 1.54) is 11.1 Å². The first-order valence-electron chi connectivity index (χ1n) is 10.1. The molecule has 5 nitrogen and oxygen atoms in total. The van der Waals surface area contributed by atoms with Crippen LogP contribution < -0.4 is 11.1 Å². The molecule has 0 atom stereocenters. The molecule has 0 bridgehead atoms. The molecule has 0 unspecified atom stereocenters. The normalized spacial score (nSPS) is 11.2. The molecule has 0 aliphatic carbocycles. The molecular weight excluding hydrogens is 477 g/mol. The number of ether oxygens (including phenoxy) is 2. The Morgan fingerprint density at radius 1 is 0.931 bits per heavy atom. The summed E-state index contributed by atoms with van der Waals surface area (Å²) in [7, 11) is 0. The Kier molecular flexibility index (Phi) is 12.6. The van der Waals surface area contributed by atoms with E-state index in [1.807, 2.05) is 13.0 Å². The average Bonchev–Trinajstić information content (AvgIpc) is 2.72. The zero-order valence-electron chi connectivity index (χ0n) is 17.7. The van der Waals surface area contributed by atoms with Gasteiger partial charge in [-0.3, -0.25) is 0 Å². The standard InChI is InChI=1S/C23H33N3O2.HI/c1-4-20-11-8-12-21(5-2)22(20)26-23(24)25-16-18-9-7-10-19(15-18)17-28-14-13-27-6-3;/h7-12,15H,4-6,13-14,16-17H2,1-3H3,(H3,24,25,26);1H. The average molecular weight is 511 g/mol. The van der Waals surface area contributed by atoms with Crippen LogP contribution in [0.15, 0.2) is 47.5 Å². The SMILES string of the molecule is CCOCCOCc1cccc(CN=C(N)Nc2c(CC)cccc2CC)c1.I. The second-order valence-corrected chi connectivity index (χ2v) is 6.55. The fraction of sp³-hybridized carbons (Fsp3) is 0.435. The Balaban J connectivity index is 0.00000420. The number of nitrogens with zero attached hydrogens (tertiary/aromatic N) is 1. The van der Waals surface area contributed by atoms with Crippen LogP contribution in [0.2, 0.25) is 0 Å². The first-order chi connectivity index (χ1) is 13.7. The molecule has 29 heavy (non-hydrogen) atoms. The van der Waals surface area contributed by atoms with Crippen molar-refractivity contribution in [1.82, 2.24) is 0 Å². The Morgan fingerprint density at radius 2 is 1.55 bits per heavy atom. The van der Waals surface area contributed by atoms with E-state index in [0.717, 1.165) is 36.3 Å². The minimum Gasteiger partial charge on any atom is -0.379 e. The van der Waals surface area contributed by atoms with Gasteiger partial charge in [-0.25, -0.2) is 4.99 Å². The quantitative estimate of drug-likeness (QED) is 0.195. The maximum atomic E-state index is 6.17. The van der Waals surface area contributed by atoms with E-state index in [9.17, 15) is 0 Å². The molecule has 0 amide bonds. The number of hydrogen-bond acceptors (Lipinski definition) is 3. The zero-order chi connectivity index (χ0) is 20.2. The van der Waals surface area contributed by atoms with Crippen molar-refractivity contribution in [1.29, 1.82) is 0 Å². The molecule has 0 saturated carbocycles. The van der Waals surface area contributed by atoms with Crippen LogP contribution in [0.5, 0.6) is 0 Å². The van der Waals surface area contributed by atoms with E-state index in [4.69, 9.17) is 15.2 Å². The molecular formula is C23H34IN3O2. The second-order valence-electron chi connectivity index (χ2n) is 6.55. The van der Waals surface area contributed by atoms with Crippen LogP contribution in [0.4, 0.5) is 5.69 Å². The molecule has 6 heteroatoms. The topological polar surface area (TPSA) is 68.9 Å². The van der Waals surface area contributed by atoms with E-state index in [-0.39, 0.29) is 24.0 Å². The van der Waals surface area contributed by atoms with Crippen molar-refractivity contribution in [2.75, 3.05) is 25.1 Å². The van der Waals surface area contributed by atoms with Crippen molar-refractivity contribution in [2.24, 2.45) is 10.7 Å². The number of nitrogens with two attached hydrogens (primary N) is 1. The number of guanidine groups is 1. The Hall–Kier alpha value is -1.64. The van der Waals surface area contributed by atoms with Crippen LogP contribution in [0, 0.1) is 0 Å². The molecule has 0 aliphatic rings. The van der Waals surface area contributed by atoms with Gasteiger partial charge in [0.15, 0.2) is 5.96 Å². The Bertz CT molecular complexity index is 743. The number of aryl methyl sites for hydroxylation is 2. The van der Waals surface area contributed by atoms with Gasteiger partial charge < -0.3 is 20.5 Å². The molecule has 2 aromatic rings. The highest BCUT2D eigenvalue weighted by molar-refractivity contribution is 14.0. The number of benzene rings is 2. The molecule has 2 aromatic carbocycles. The van der Waals surface area contributed by atoms with Crippen LogP contribution >= 0.6 is 24.0 Å². The van der Waals surface area contributed by atoms with Crippen LogP contribution in [0.25, 0.3) is 0 Å². The summed E-state index contributed by atoms with van der Waals surface area (Å²) in [6, 6.07) is 14.6. The van der Waals surface area contributed by atoms with Gasteiger partial charge in [0, 0.05) is 12.3 Å². The van der Waals surface area contributed by atoms with Gasteiger partial charge in [0.05, 0.1) is 26.4 Å². The van der Waals surface area contributed by atoms with Gasteiger partial charge in [-0.15, -0.1) is 24.0 Å². The molecule has 0 radical (unpaired) electrons. The number of para-hydroxylation sites is 1. The number of halogens is 1. The lowest BCUT2D eigenvalue weighted by Gasteiger charge is -2.15. The van der Waals surface area contributed by atoms with Gasteiger partial charge in [-0.2, -0.15) is 0 Å². The highest BCUT2D eigenvalue weighted by atomic mass is 127. The zero-order valence-corrected chi connectivity index (χ0v) is 20.1. The largest absolute Gasteiger partial charge is 0.379 e. The van der Waals surface area contributed by atoms with E-state index in [0.29, 0.717) is 32.3 Å². The van der Waals surface area contributed by atoms with Crippen molar-refractivity contribution in [2.45, 2.75) is 46.8 Å². The molecule has 0 saturated heterocycles. The summed E-state index contributed by atoms with van der Waals surface area (Å²) in [6.07, 6.45) is 1.91. The summed E-state index contributed by atoms with van der Waals surface area (Å²) in [5.41, 5.74) is 12.0. The van der Waals surface area contributed by atoms with Crippen LogP contribution in [0.1, 0.15) is 43.0 Å². The molecule has 0 aliphatic heterocycles. The maximum absolute atomic E-state index is 6.17. The van der Waals surface area contributed by atoms with Crippen molar-refractivity contribution < 1.29 is 9.47 Å². The predicted octanol–water partition coefficient (Wildman–Crippen LogP) is 4.91. The van der Waals surface area contributed by atoms with Crippen LogP contribution in [0.3, 0.4) is 0 Å². The highest BCUT2D eigenvalue weighted by Gasteiger charge is 2.07. The van der Waals surface area contributed by atoms with E-state index < -0.39 is 0 Å². The molecule has 0 aromatic heterocycles. The Morgan fingerprint density at radius 3 is 2.21 bits per heavy atom. The number of nitrogens with one attached hydrogen (secondary N) is 1. The molecule has 0 heterocycles. The lowest BCUT2D eigenvalue weighted by Crippen LogP contribution is -2.24. The number of aliphatic imine (C=N–C) groups is 1.